The number of nitrogens with zero attached hydrogens (tertiary/aromatic N) is 6. The molecule has 4 rings (SSSR count). The quantitative estimate of drug-likeness (QED) is 0.510. The Morgan fingerprint density at radius 1 is 1.00 bits per heavy atom. The van der Waals surface area contributed by atoms with Crippen molar-refractivity contribution < 1.29 is 4.74 Å². The molecule has 2 heterocycles. The van der Waals surface area contributed by atoms with Gasteiger partial charge in [-0.1, -0.05) is 12.1 Å². The highest BCUT2D eigenvalue weighted by atomic mass is 16.5. The van der Waals surface area contributed by atoms with Crippen LogP contribution in [-0.4, -0.2) is 29.8 Å². The van der Waals surface area contributed by atoms with E-state index < -0.39 is 0 Å². The zero-order chi connectivity index (χ0) is 21.3. The summed E-state index contributed by atoms with van der Waals surface area (Å²) in [6.07, 6.45) is 1.76. The molecule has 0 bridgehead atoms. The van der Waals surface area contributed by atoms with Crippen molar-refractivity contribution in [2.24, 2.45) is 7.05 Å². The first-order valence-corrected chi connectivity index (χ1v) is 9.55. The summed E-state index contributed by atoms with van der Waals surface area (Å²) >= 11 is 0. The summed E-state index contributed by atoms with van der Waals surface area (Å²) in [5, 5.41) is 7.77. The SMILES string of the molecule is Cc1nccc(-c2ccc(OCc3c(C)cccc3-n3nnn(C)c3=O)c(C)c2)n1. The lowest BCUT2D eigenvalue weighted by Gasteiger charge is -2.15. The topological polar surface area (TPSA) is 87.7 Å². The number of aromatic nitrogens is 6. The third kappa shape index (κ3) is 3.71. The number of aryl methyl sites for hydroxylation is 4. The molecule has 0 N–H and O–H groups in total. The van der Waals surface area contributed by atoms with Gasteiger partial charge in [0.1, 0.15) is 18.2 Å². The lowest BCUT2D eigenvalue weighted by Crippen LogP contribution is -2.23. The van der Waals surface area contributed by atoms with Gasteiger partial charge in [-0.3, -0.25) is 0 Å². The number of rotatable bonds is 5. The Hall–Kier alpha value is -3.81. The third-order valence-corrected chi connectivity index (χ3v) is 4.95. The standard InChI is InChI=1S/C22H22N6O2/c1-14-6-5-7-20(28-22(29)27(4)25-26-28)18(14)13-30-21-9-8-17(12-15(21)2)19-10-11-23-16(3)24-19/h5-12H,13H2,1-4H3. The normalized spacial score (nSPS) is 10.9. The molecule has 30 heavy (non-hydrogen) atoms. The highest BCUT2D eigenvalue weighted by Crippen LogP contribution is 2.27. The van der Waals surface area contributed by atoms with Gasteiger partial charge in [-0.15, -0.1) is 0 Å². The second-order valence-electron chi connectivity index (χ2n) is 7.13. The minimum absolute atomic E-state index is 0.303. The van der Waals surface area contributed by atoms with Gasteiger partial charge < -0.3 is 4.74 Å². The third-order valence-electron chi connectivity index (χ3n) is 4.95. The van der Waals surface area contributed by atoms with Gasteiger partial charge in [0.05, 0.1) is 11.4 Å². The number of benzene rings is 2. The zero-order valence-corrected chi connectivity index (χ0v) is 17.3. The van der Waals surface area contributed by atoms with E-state index in [0.29, 0.717) is 12.3 Å². The van der Waals surface area contributed by atoms with Crippen LogP contribution in [0.5, 0.6) is 5.75 Å². The van der Waals surface area contributed by atoms with E-state index in [1.54, 1.807) is 13.2 Å². The summed E-state index contributed by atoms with van der Waals surface area (Å²) < 4.78 is 8.61. The maximum Gasteiger partial charge on any atom is 0.368 e. The zero-order valence-electron chi connectivity index (χ0n) is 17.3. The maximum atomic E-state index is 12.3. The van der Waals surface area contributed by atoms with Crippen molar-refractivity contribution in [3.8, 4) is 22.7 Å². The van der Waals surface area contributed by atoms with Gasteiger partial charge in [-0.05, 0) is 72.7 Å². The first-order chi connectivity index (χ1) is 14.4. The Morgan fingerprint density at radius 3 is 2.53 bits per heavy atom. The Balaban J connectivity index is 1.61. The van der Waals surface area contributed by atoms with Crippen LogP contribution in [-0.2, 0) is 13.7 Å². The largest absolute Gasteiger partial charge is 0.489 e. The van der Waals surface area contributed by atoms with Crippen molar-refractivity contribution in [2.45, 2.75) is 27.4 Å². The van der Waals surface area contributed by atoms with Gasteiger partial charge >= 0.3 is 5.69 Å². The molecule has 0 radical (unpaired) electrons. The van der Waals surface area contributed by atoms with Crippen LogP contribution in [0.4, 0.5) is 0 Å². The van der Waals surface area contributed by atoms with Crippen molar-refractivity contribution in [1.82, 2.24) is 29.8 Å². The summed E-state index contributed by atoms with van der Waals surface area (Å²) in [6.45, 7) is 6.16. The predicted molar refractivity (Wildman–Crippen MR) is 113 cm³/mol. The molecule has 0 amide bonds. The molecule has 8 heteroatoms. The number of tetrazole rings is 1. The van der Waals surface area contributed by atoms with E-state index in [1.807, 2.05) is 63.2 Å². The molecule has 0 aliphatic carbocycles. The average Bonchev–Trinajstić information content (AvgIpc) is 3.06. The van der Waals surface area contributed by atoms with Crippen molar-refractivity contribution in [2.75, 3.05) is 0 Å². The summed E-state index contributed by atoms with van der Waals surface area (Å²) in [7, 11) is 1.57. The Kier molecular flexibility index (Phi) is 5.14. The molecule has 0 saturated carbocycles. The Labute approximate surface area is 173 Å². The molecular formula is C22H22N6O2. The molecule has 0 aliphatic heterocycles. The minimum atomic E-state index is -0.303. The molecule has 2 aromatic heterocycles. The van der Waals surface area contributed by atoms with Crippen LogP contribution in [0.25, 0.3) is 16.9 Å². The van der Waals surface area contributed by atoms with E-state index >= 15 is 0 Å². The highest BCUT2D eigenvalue weighted by molar-refractivity contribution is 5.61. The van der Waals surface area contributed by atoms with E-state index in [2.05, 4.69) is 20.4 Å². The number of hydrogen-bond acceptors (Lipinski definition) is 6. The summed E-state index contributed by atoms with van der Waals surface area (Å²) in [5.41, 5.74) is 5.14. The number of hydrogen-bond donors (Lipinski definition) is 0. The predicted octanol–water partition coefficient (Wildman–Crippen LogP) is 2.93. The van der Waals surface area contributed by atoms with Crippen LogP contribution in [0.15, 0.2) is 53.5 Å². The van der Waals surface area contributed by atoms with Gasteiger partial charge in [0, 0.05) is 24.4 Å². The van der Waals surface area contributed by atoms with Crippen LogP contribution < -0.4 is 10.4 Å². The molecule has 0 aliphatic rings. The van der Waals surface area contributed by atoms with Gasteiger partial charge in [0.15, 0.2) is 0 Å². The first-order valence-electron chi connectivity index (χ1n) is 9.55. The summed E-state index contributed by atoms with van der Waals surface area (Å²) in [6, 6.07) is 13.6. The second kappa shape index (κ2) is 7.90. The van der Waals surface area contributed by atoms with E-state index in [0.717, 1.165) is 39.5 Å². The van der Waals surface area contributed by atoms with Gasteiger partial charge in [-0.25, -0.2) is 14.8 Å². The molecule has 0 spiro atoms. The lowest BCUT2D eigenvalue weighted by atomic mass is 10.1. The summed E-state index contributed by atoms with van der Waals surface area (Å²) in [4.78, 5) is 20.9. The van der Waals surface area contributed by atoms with Crippen molar-refractivity contribution in [3.05, 3.63) is 81.7 Å². The fourth-order valence-electron chi connectivity index (χ4n) is 3.28. The molecule has 0 unspecified atom stereocenters. The van der Waals surface area contributed by atoms with Crippen LogP contribution in [0.2, 0.25) is 0 Å². The highest BCUT2D eigenvalue weighted by Gasteiger charge is 2.14. The van der Waals surface area contributed by atoms with Crippen LogP contribution in [0.1, 0.15) is 22.5 Å². The Morgan fingerprint density at radius 2 is 1.83 bits per heavy atom. The molecule has 2 aromatic carbocycles. The number of ether oxygens (including phenoxy) is 1. The molecule has 0 atom stereocenters. The molecule has 8 nitrogen and oxygen atoms in total. The van der Waals surface area contributed by atoms with Crippen molar-refractivity contribution in [3.63, 3.8) is 0 Å². The molecule has 152 valence electrons. The summed E-state index contributed by atoms with van der Waals surface area (Å²) in [5.74, 6) is 1.50. The van der Waals surface area contributed by atoms with E-state index in [4.69, 9.17) is 4.74 Å². The van der Waals surface area contributed by atoms with Crippen LogP contribution in [0.3, 0.4) is 0 Å². The monoisotopic (exact) mass is 402 g/mol. The van der Waals surface area contributed by atoms with Gasteiger partial charge in [-0.2, -0.15) is 9.36 Å². The Bertz CT molecular complexity index is 1270. The molecular weight excluding hydrogens is 380 g/mol. The second-order valence-corrected chi connectivity index (χ2v) is 7.13. The maximum absolute atomic E-state index is 12.3. The molecule has 0 fully saturated rings. The van der Waals surface area contributed by atoms with E-state index in [1.165, 1.54) is 9.36 Å². The smallest absolute Gasteiger partial charge is 0.368 e. The first kappa shape index (κ1) is 19.5. The van der Waals surface area contributed by atoms with Crippen molar-refractivity contribution >= 4 is 0 Å². The van der Waals surface area contributed by atoms with E-state index in [-0.39, 0.29) is 5.69 Å². The van der Waals surface area contributed by atoms with Crippen LogP contribution >= 0.6 is 0 Å². The fraction of sp³-hybridized carbons (Fsp3) is 0.227. The van der Waals surface area contributed by atoms with Crippen molar-refractivity contribution in [1.29, 1.82) is 0 Å². The van der Waals surface area contributed by atoms with Gasteiger partial charge in [0.25, 0.3) is 0 Å². The minimum Gasteiger partial charge on any atom is -0.489 e. The van der Waals surface area contributed by atoms with Gasteiger partial charge in [0.2, 0.25) is 0 Å². The fourth-order valence-corrected chi connectivity index (χ4v) is 3.28. The average molecular weight is 402 g/mol. The lowest BCUT2D eigenvalue weighted by molar-refractivity contribution is 0.302. The molecule has 4 aromatic rings. The van der Waals surface area contributed by atoms with Crippen LogP contribution in [0, 0.1) is 20.8 Å². The van der Waals surface area contributed by atoms with E-state index in [9.17, 15) is 4.79 Å². The molecule has 0 saturated heterocycles.